The number of halogens is 4. The third kappa shape index (κ3) is 3.44. The van der Waals surface area contributed by atoms with Crippen LogP contribution in [0.3, 0.4) is 0 Å². The first-order valence-electron chi connectivity index (χ1n) is 7.25. The van der Waals surface area contributed by atoms with Crippen LogP contribution in [0, 0.1) is 5.92 Å². The first-order valence-corrected chi connectivity index (χ1v) is 8.17. The zero-order valence-corrected chi connectivity index (χ0v) is 14.5. The maximum absolute atomic E-state index is 12.7. The fourth-order valence-electron chi connectivity index (χ4n) is 2.69. The number of carbonyl (C=O) groups excluding carboxylic acids is 2. The smallest absolute Gasteiger partial charge is 0.301 e. The van der Waals surface area contributed by atoms with Gasteiger partial charge in [-0.15, -0.1) is 0 Å². The first-order chi connectivity index (χ1) is 10.5. The van der Waals surface area contributed by atoms with Gasteiger partial charge in [0.2, 0.25) is 0 Å². The van der Waals surface area contributed by atoms with Crippen molar-refractivity contribution >= 4 is 33.3 Å². The summed E-state index contributed by atoms with van der Waals surface area (Å²) in [5, 5.41) is 0. The summed E-state index contributed by atoms with van der Waals surface area (Å²) < 4.78 is 38.2. The van der Waals surface area contributed by atoms with Crippen molar-refractivity contribution in [3.63, 3.8) is 0 Å². The molecule has 1 aliphatic rings. The molecule has 3 nitrogen and oxygen atoms in total. The summed E-state index contributed by atoms with van der Waals surface area (Å²) in [4.78, 5) is 24.3. The van der Waals surface area contributed by atoms with Crippen molar-refractivity contribution in [2.24, 2.45) is 5.92 Å². The molecule has 2 rings (SSSR count). The third-order valence-corrected chi connectivity index (χ3v) is 5.35. The number of amides is 1. The number of nitrogens with zero attached hydrogens (tertiary/aromatic N) is 1. The lowest BCUT2D eigenvalue weighted by Gasteiger charge is -2.23. The van der Waals surface area contributed by atoms with Gasteiger partial charge in [-0.2, -0.15) is 13.2 Å². The summed E-state index contributed by atoms with van der Waals surface area (Å²) in [7, 11) is 0. The Hall–Kier alpha value is -1.37. The number of Topliss-reactive ketones (excluding diaryl/α,β-unsaturated/α-hetero) is 1. The lowest BCUT2D eigenvalue weighted by atomic mass is 9.98. The maximum atomic E-state index is 12.7. The van der Waals surface area contributed by atoms with Crippen molar-refractivity contribution in [1.29, 1.82) is 0 Å². The van der Waals surface area contributed by atoms with Gasteiger partial charge in [0.1, 0.15) is 0 Å². The number of carbonyl (C=O) groups is 2. The molecular formula is C16H17BrF3NO2. The highest BCUT2D eigenvalue weighted by atomic mass is 79.9. The monoisotopic (exact) mass is 391 g/mol. The Morgan fingerprint density at radius 2 is 1.91 bits per heavy atom. The standard InChI is InChI=1S/C16H17BrF3NO2/c1-8(2)13(17)14(22)10-4-5-12-11(7-10)6-9(3)21(12)15(23)16(18,19)20/h4-5,7-9,13H,6H2,1-3H3. The number of fused-ring (bicyclic) bond motifs is 1. The lowest BCUT2D eigenvalue weighted by Crippen LogP contribution is -2.44. The second-order valence-electron chi connectivity index (χ2n) is 6.08. The Bertz CT molecular complexity index is 643. The summed E-state index contributed by atoms with van der Waals surface area (Å²) >= 11 is 3.34. The highest BCUT2D eigenvalue weighted by Gasteiger charge is 2.47. The van der Waals surface area contributed by atoms with E-state index in [1.54, 1.807) is 13.0 Å². The van der Waals surface area contributed by atoms with Crippen LogP contribution < -0.4 is 4.90 Å². The van der Waals surface area contributed by atoms with Crippen molar-refractivity contribution in [3.8, 4) is 0 Å². The maximum Gasteiger partial charge on any atom is 0.471 e. The molecule has 0 aliphatic carbocycles. The Morgan fingerprint density at radius 1 is 1.30 bits per heavy atom. The molecule has 2 atom stereocenters. The van der Waals surface area contributed by atoms with E-state index in [1.165, 1.54) is 12.1 Å². The van der Waals surface area contributed by atoms with Crippen LogP contribution in [-0.2, 0) is 11.2 Å². The molecule has 1 aromatic carbocycles. The molecule has 126 valence electrons. The van der Waals surface area contributed by atoms with E-state index in [-0.39, 0.29) is 22.2 Å². The van der Waals surface area contributed by atoms with E-state index < -0.39 is 18.1 Å². The molecular weight excluding hydrogens is 375 g/mol. The Balaban J connectivity index is 2.35. The second-order valence-corrected chi connectivity index (χ2v) is 7.07. The molecule has 1 aromatic rings. The van der Waals surface area contributed by atoms with Gasteiger partial charge < -0.3 is 4.90 Å². The van der Waals surface area contributed by atoms with Crippen molar-refractivity contribution in [1.82, 2.24) is 0 Å². The zero-order valence-electron chi connectivity index (χ0n) is 12.9. The van der Waals surface area contributed by atoms with E-state index in [4.69, 9.17) is 0 Å². The minimum atomic E-state index is -4.91. The van der Waals surface area contributed by atoms with E-state index >= 15 is 0 Å². The van der Waals surface area contributed by atoms with E-state index in [1.807, 2.05) is 13.8 Å². The summed E-state index contributed by atoms with van der Waals surface area (Å²) in [6, 6.07) is 3.91. The quantitative estimate of drug-likeness (QED) is 0.573. The van der Waals surface area contributed by atoms with Gasteiger partial charge in [0, 0.05) is 17.3 Å². The molecule has 0 spiro atoms. The largest absolute Gasteiger partial charge is 0.471 e. The van der Waals surface area contributed by atoms with Crippen molar-refractivity contribution in [2.45, 2.75) is 44.2 Å². The molecule has 0 fully saturated rings. The highest BCUT2D eigenvalue weighted by Crippen LogP contribution is 2.36. The average Bonchev–Trinajstić information content (AvgIpc) is 2.78. The number of anilines is 1. The Labute approximate surface area is 141 Å². The van der Waals surface area contributed by atoms with Crippen LogP contribution in [0.2, 0.25) is 0 Å². The third-order valence-electron chi connectivity index (χ3n) is 3.88. The predicted octanol–water partition coefficient (Wildman–Crippen LogP) is 4.13. The molecule has 0 radical (unpaired) electrons. The van der Waals surface area contributed by atoms with Crippen LogP contribution in [0.15, 0.2) is 18.2 Å². The number of rotatable bonds is 3. The van der Waals surface area contributed by atoms with E-state index in [0.29, 0.717) is 17.5 Å². The zero-order chi connectivity index (χ0) is 17.5. The summed E-state index contributed by atoms with van der Waals surface area (Å²) in [6.45, 7) is 5.36. The Kier molecular flexibility index (Phi) is 4.89. The van der Waals surface area contributed by atoms with Gasteiger partial charge >= 0.3 is 12.1 Å². The van der Waals surface area contributed by atoms with Crippen LogP contribution in [0.4, 0.5) is 18.9 Å². The van der Waals surface area contributed by atoms with Gasteiger partial charge in [0.05, 0.1) is 4.83 Å². The van der Waals surface area contributed by atoms with Crippen LogP contribution in [-0.4, -0.2) is 28.7 Å². The molecule has 2 unspecified atom stereocenters. The number of ketones is 1. The van der Waals surface area contributed by atoms with Crippen molar-refractivity contribution < 1.29 is 22.8 Å². The minimum absolute atomic E-state index is 0.0954. The van der Waals surface area contributed by atoms with Crippen LogP contribution >= 0.6 is 15.9 Å². The molecule has 0 bridgehead atoms. The summed E-state index contributed by atoms with van der Waals surface area (Å²) in [5.41, 5.74) is 1.25. The molecule has 0 saturated carbocycles. The first kappa shape index (κ1) is 18.0. The summed E-state index contributed by atoms with van der Waals surface area (Å²) in [6.07, 6.45) is -4.62. The molecule has 0 saturated heterocycles. The topological polar surface area (TPSA) is 37.4 Å². The molecule has 23 heavy (non-hydrogen) atoms. The van der Waals surface area contributed by atoms with Crippen molar-refractivity contribution in [2.75, 3.05) is 4.90 Å². The highest BCUT2D eigenvalue weighted by molar-refractivity contribution is 9.10. The minimum Gasteiger partial charge on any atom is -0.301 e. The Morgan fingerprint density at radius 3 is 2.43 bits per heavy atom. The molecule has 0 aromatic heterocycles. The van der Waals surface area contributed by atoms with E-state index in [0.717, 1.165) is 4.90 Å². The van der Waals surface area contributed by atoms with Gasteiger partial charge in [-0.05, 0) is 43.0 Å². The van der Waals surface area contributed by atoms with Crippen LogP contribution in [0.25, 0.3) is 0 Å². The van der Waals surface area contributed by atoms with Gasteiger partial charge in [0.15, 0.2) is 5.78 Å². The van der Waals surface area contributed by atoms with Crippen LogP contribution in [0.5, 0.6) is 0 Å². The van der Waals surface area contributed by atoms with Gasteiger partial charge in [-0.3, -0.25) is 9.59 Å². The van der Waals surface area contributed by atoms with E-state index in [2.05, 4.69) is 15.9 Å². The number of alkyl halides is 4. The second kappa shape index (κ2) is 6.26. The van der Waals surface area contributed by atoms with Crippen molar-refractivity contribution in [3.05, 3.63) is 29.3 Å². The van der Waals surface area contributed by atoms with Gasteiger partial charge in [0.25, 0.3) is 0 Å². The number of benzene rings is 1. The molecule has 1 amide bonds. The molecule has 7 heteroatoms. The van der Waals surface area contributed by atoms with Gasteiger partial charge in [-0.1, -0.05) is 29.8 Å². The fourth-order valence-corrected chi connectivity index (χ4v) is 2.96. The van der Waals surface area contributed by atoms with Gasteiger partial charge in [-0.25, -0.2) is 0 Å². The molecule has 1 aliphatic heterocycles. The SMILES string of the molecule is CC(C)C(Br)C(=O)c1ccc2c(c1)CC(C)N2C(=O)C(F)(F)F. The average molecular weight is 392 g/mol. The number of hydrogen-bond acceptors (Lipinski definition) is 2. The lowest BCUT2D eigenvalue weighted by molar-refractivity contribution is -0.170. The molecule has 0 N–H and O–H groups in total. The van der Waals surface area contributed by atoms with Crippen LogP contribution in [0.1, 0.15) is 36.7 Å². The van der Waals surface area contributed by atoms with E-state index in [9.17, 15) is 22.8 Å². The fraction of sp³-hybridized carbons (Fsp3) is 0.500. The predicted molar refractivity (Wildman–Crippen MR) is 85.0 cm³/mol. The summed E-state index contributed by atoms with van der Waals surface area (Å²) in [5.74, 6) is -1.89. The molecule has 1 heterocycles. The normalized spacial score (nSPS) is 19.0. The number of hydrogen-bond donors (Lipinski definition) is 0.